The maximum atomic E-state index is 12.6. The molecule has 0 N–H and O–H groups in total. The van der Waals surface area contributed by atoms with Gasteiger partial charge in [-0.25, -0.2) is 15.0 Å². The molecule has 0 bridgehead atoms. The van der Waals surface area contributed by atoms with Gasteiger partial charge in [0.2, 0.25) is 0 Å². The Morgan fingerprint density at radius 1 is 1.04 bits per heavy atom. The molecule has 2 aromatic rings. The van der Waals surface area contributed by atoms with E-state index in [4.69, 9.17) is 0 Å². The maximum Gasteiger partial charge on any atom is 0.272 e. The van der Waals surface area contributed by atoms with Crippen molar-refractivity contribution in [3.8, 4) is 0 Å². The van der Waals surface area contributed by atoms with Crippen LogP contribution in [0.25, 0.3) is 0 Å². The van der Waals surface area contributed by atoms with Crippen LogP contribution >= 0.6 is 0 Å². The molecule has 1 aliphatic rings. The summed E-state index contributed by atoms with van der Waals surface area (Å²) in [7, 11) is 0. The Hall–Kier alpha value is -2.70. The first-order valence-electron chi connectivity index (χ1n) is 9.18. The molecular weight excluding hydrogens is 328 g/mol. The number of piperazine rings is 1. The molecule has 7 heteroatoms. The number of aryl methyl sites for hydroxylation is 1. The molecule has 0 saturated carbocycles. The highest BCUT2D eigenvalue weighted by Crippen LogP contribution is 2.19. The van der Waals surface area contributed by atoms with Crippen LogP contribution in [-0.4, -0.2) is 65.0 Å². The van der Waals surface area contributed by atoms with E-state index in [1.165, 1.54) is 0 Å². The quantitative estimate of drug-likeness (QED) is 0.818. The molecular formula is C19H26N6O. The summed E-state index contributed by atoms with van der Waals surface area (Å²) in [6.45, 7) is 10.6. The predicted octanol–water partition coefficient (Wildman–Crippen LogP) is 1.99. The molecule has 1 saturated heterocycles. The molecule has 138 valence electrons. The number of pyridine rings is 1. The van der Waals surface area contributed by atoms with Crippen molar-refractivity contribution in [2.24, 2.45) is 0 Å². The standard InChI is InChI=1S/C19H26N6O/c1-4-23(5-2)19(26)16-14-18(22-15(3)21-16)25-12-10-24(11-13-25)17-8-6-7-9-20-17/h6-9,14H,4-5,10-13H2,1-3H3. The van der Waals surface area contributed by atoms with Crippen molar-refractivity contribution in [2.75, 3.05) is 49.1 Å². The van der Waals surface area contributed by atoms with Gasteiger partial charge in [-0.05, 0) is 32.9 Å². The van der Waals surface area contributed by atoms with Gasteiger partial charge in [0.1, 0.15) is 23.2 Å². The summed E-state index contributed by atoms with van der Waals surface area (Å²) in [6.07, 6.45) is 1.82. The molecule has 1 aliphatic heterocycles. The van der Waals surface area contributed by atoms with Gasteiger partial charge in [0.05, 0.1) is 0 Å². The van der Waals surface area contributed by atoms with Gasteiger partial charge in [0.15, 0.2) is 0 Å². The molecule has 3 heterocycles. The second-order valence-corrected chi connectivity index (χ2v) is 6.30. The van der Waals surface area contributed by atoms with E-state index < -0.39 is 0 Å². The second kappa shape index (κ2) is 8.12. The summed E-state index contributed by atoms with van der Waals surface area (Å²) in [5.41, 5.74) is 0.475. The average Bonchev–Trinajstić information content (AvgIpc) is 2.69. The van der Waals surface area contributed by atoms with Crippen molar-refractivity contribution in [1.29, 1.82) is 0 Å². The molecule has 0 aliphatic carbocycles. The Kier molecular flexibility index (Phi) is 5.65. The van der Waals surface area contributed by atoms with Crippen molar-refractivity contribution in [1.82, 2.24) is 19.9 Å². The lowest BCUT2D eigenvalue weighted by atomic mass is 10.2. The zero-order valence-corrected chi connectivity index (χ0v) is 15.7. The van der Waals surface area contributed by atoms with Crippen LogP contribution in [0.15, 0.2) is 30.5 Å². The van der Waals surface area contributed by atoms with Gasteiger partial charge >= 0.3 is 0 Å². The highest BCUT2D eigenvalue weighted by Gasteiger charge is 2.22. The molecule has 0 unspecified atom stereocenters. The van der Waals surface area contributed by atoms with Gasteiger partial charge in [0, 0.05) is 51.5 Å². The van der Waals surface area contributed by atoms with E-state index in [0.29, 0.717) is 24.6 Å². The normalized spacial score (nSPS) is 14.4. The zero-order valence-electron chi connectivity index (χ0n) is 15.7. The number of carbonyl (C=O) groups excluding carboxylic acids is 1. The Morgan fingerprint density at radius 3 is 2.27 bits per heavy atom. The highest BCUT2D eigenvalue weighted by molar-refractivity contribution is 5.93. The second-order valence-electron chi connectivity index (χ2n) is 6.30. The Morgan fingerprint density at radius 2 is 1.69 bits per heavy atom. The zero-order chi connectivity index (χ0) is 18.5. The summed E-state index contributed by atoms with van der Waals surface area (Å²) in [5, 5.41) is 0. The fourth-order valence-electron chi connectivity index (χ4n) is 3.20. The van der Waals surface area contributed by atoms with E-state index in [2.05, 4.69) is 24.8 Å². The van der Waals surface area contributed by atoms with Crippen LogP contribution in [0.1, 0.15) is 30.2 Å². The van der Waals surface area contributed by atoms with E-state index in [0.717, 1.165) is 37.8 Å². The van der Waals surface area contributed by atoms with Gasteiger partial charge in [-0.1, -0.05) is 6.07 Å². The number of anilines is 2. The lowest BCUT2D eigenvalue weighted by Crippen LogP contribution is -2.47. The minimum Gasteiger partial charge on any atom is -0.353 e. The molecule has 7 nitrogen and oxygen atoms in total. The van der Waals surface area contributed by atoms with Crippen LogP contribution in [0, 0.1) is 6.92 Å². The van der Waals surface area contributed by atoms with Gasteiger partial charge in [-0.2, -0.15) is 0 Å². The first-order chi connectivity index (χ1) is 12.6. The van der Waals surface area contributed by atoms with Gasteiger partial charge in [0.25, 0.3) is 5.91 Å². The topological polar surface area (TPSA) is 65.5 Å². The van der Waals surface area contributed by atoms with Crippen LogP contribution in [-0.2, 0) is 0 Å². The van der Waals surface area contributed by atoms with Crippen LogP contribution in [0.3, 0.4) is 0 Å². The molecule has 0 atom stereocenters. The van der Waals surface area contributed by atoms with E-state index >= 15 is 0 Å². The number of aromatic nitrogens is 3. The maximum absolute atomic E-state index is 12.6. The largest absolute Gasteiger partial charge is 0.353 e. The van der Waals surface area contributed by atoms with E-state index in [-0.39, 0.29) is 5.91 Å². The Labute approximate surface area is 154 Å². The van der Waals surface area contributed by atoms with Crippen molar-refractivity contribution in [3.63, 3.8) is 0 Å². The van der Waals surface area contributed by atoms with Crippen LogP contribution in [0.5, 0.6) is 0 Å². The van der Waals surface area contributed by atoms with E-state index in [1.807, 2.05) is 51.2 Å². The molecule has 0 aromatic carbocycles. The summed E-state index contributed by atoms with van der Waals surface area (Å²) >= 11 is 0. The number of rotatable bonds is 5. The fourth-order valence-corrected chi connectivity index (χ4v) is 3.20. The van der Waals surface area contributed by atoms with Crippen LogP contribution < -0.4 is 9.80 Å². The lowest BCUT2D eigenvalue weighted by Gasteiger charge is -2.36. The van der Waals surface area contributed by atoms with Crippen molar-refractivity contribution >= 4 is 17.5 Å². The number of carbonyl (C=O) groups is 1. The Balaban J connectivity index is 1.73. The summed E-state index contributed by atoms with van der Waals surface area (Å²) in [6, 6.07) is 7.79. The predicted molar refractivity (Wildman–Crippen MR) is 103 cm³/mol. The monoisotopic (exact) mass is 354 g/mol. The minimum atomic E-state index is -0.0335. The summed E-state index contributed by atoms with van der Waals surface area (Å²) in [4.78, 5) is 32.2. The molecule has 3 rings (SSSR count). The molecule has 26 heavy (non-hydrogen) atoms. The van der Waals surface area contributed by atoms with Gasteiger partial charge in [-0.3, -0.25) is 4.79 Å². The fraction of sp³-hybridized carbons (Fsp3) is 0.474. The van der Waals surface area contributed by atoms with E-state index in [9.17, 15) is 4.79 Å². The molecule has 1 amide bonds. The Bertz CT molecular complexity index is 739. The molecule has 1 fully saturated rings. The molecule has 0 radical (unpaired) electrons. The summed E-state index contributed by atoms with van der Waals surface area (Å²) in [5.74, 6) is 2.43. The third kappa shape index (κ3) is 3.92. The SMILES string of the molecule is CCN(CC)C(=O)c1cc(N2CCN(c3ccccn3)CC2)nc(C)n1. The lowest BCUT2D eigenvalue weighted by molar-refractivity contribution is 0.0766. The first-order valence-corrected chi connectivity index (χ1v) is 9.18. The summed E-state index contributed by atoms with van der Waals surface area (Å²) < 4.78 is 0. The number of amides is 1. The average molecular weight is 354 g/mol. The first kappa shape index (κ1) is 18.1. The minimum absolute atomic E-state index is 0.0335. The third-order valence-electron chi connectivity index (χ3n) is 4.67. The van der Waals surface area contributed by atoms with Crippen molar-refractivity contribution < 1.29 is 4.79 Å². The number of nitrogens with zero attached hydrogens (tertiary/aromatic N) is 6. The van der Waals surface area contributed by atoms with Crippen molar-refractivity contribution in [3.05, 3.63) is 42.0 Å². The molecule has 0 spiro atoms. The number of hydrogen-bond donors (Lipinski definition) is 0. The molecule has 2 aromatic heterocycles. The number of hydrogen-bond acceptors (Lipinski definition) is 6. The van der Waals surface area contributed by atoms with E-state index in [1.54, 1.807) is 4.90 Å². The van der Waals surface area contributed by atoms with Gasteiger partial charge in [-0.15, -0.1) is 0 Å². The van der Waals surface area contributed by atoms with Gasteiger partial charge < -0.3 is 14.7 Å². The van der Waals surface area contributed by atoms with Crippen molar-refractivity contribution in [2.45, 2.75) is 20.8 Å². The van der Waals surface area contributed by atoms with Crippen LogP contribution in [0.2, 0.25) is 0 Å². The highest BCUT2D eigenvalue weighted by atomic mass is 16.2. The van der Waals surface area contributed by atoms with Crippen LogP contribution in [0.4, 0.5) is 11.6 Å². The smallest absolute Gasteiger partial charge is 0.272 e. The third-order valence-corrected chi connectivity index (χ3v) is 4.67.